The lowest BCUT2D eigenvalue weighted by atomic mass is 9.79. The molecule has 0 saturated carbocycles. The second-order valence-corrected chi connectivity index (χ2v) is 4.42. The van der Waals surface area contributed by atoms with Gasteiger partial charge >= 0.3 is 5.97 Å². The van der Waals surface area contributed by atoms with Gasteiger partial charge in [-0.25, -0.2) is 4.79 Å². The van der Waals surface area contributed by atoms with Gasteiger partial charge in [0.2, 0.25) is 0 Å². The van der Waals surface area contributed by atoms with Crippen molar-refractivity contribution < 1.29 is 9.53 Å². The number of hydrogen-bond acceptors (Lipinski definition) is 2. The molecule has 2 atom stereocenters. The van der Waals surface area contributed by atoms with Crippen LogP contribution in [0, 0.1) is 0 Å². The topological polar surface area (TPSA) is 26.3 Å². The maximum absolute atomic E-state index is 11.4. The van der Waals surface area contributed by atoms with Crippen LogP contribution < -0.4 is 0 Å². The molecular weight excluding hydrogens is 187 g/mol. The number of allylic oxidation sites excluding steroid dienone is 1. The SMILES string of the molecule is [B]C1C/C=C(\C)CC2C=C(CC1)C(=O)O2. The van der Waals surface area contributed by atoms with E-state index in [4.69, 9.17) is 12.6 Å². The van der Waals surface area contributed by atoms with Gasteiger partial charge in [0.05, 0.1) is 7.85 Å². The van der Waals surface area contributed by atoms with Crippen molar-refractivity contribution in [1.82, 2.24) is 0 Å². The van der Waals surface area contributed by atoms with E-state index in [2.05, 4.69) is 13.0 Å². The van der Waals surface area contributed by atoms with Gasteiger partial charge in [-0.3, -0.25) is 0 Å². The molecule has 2 rings (SSSR count). The molecule has 0 spiro atoms. The summed E-state index contributed by atoms with van der Waals surface area (Å²) in [5, 5.41) is 0. The lowest BCUT2D eigenvalue weighted by molar-refractivity contribution is -0.139. The summed E-state index contributed by atoms with van der Waals surface area (Å²) in [5.74, 6) is 0.00713. The van der Waals surface area contributed by atoms with Crippen LogP contribution in [0.3, 0.4) is 0 Å². The van der Waals surface area contributed by atoms with Gasteiger partial charge in [-0.05, 0) is 25.8 Å². The molecule has 2 bridgehead atoms. The first-order valence-electron chi connectivity index (χ1n) is 5.48. The smallest absolute Gasteiger partial charge is 0.334 e. The van der Waals surface area contributed by atoms with Crippen LogP contribution in [0.4, 0.5) is 0 Å². The summed E-state index contributed by atoms with van der Waals surface area (Å²) in [6.45, 7) is 2.06. The van der Waals surface area contributed by atoms with E-state index in [9.17, 15) is 4.79 Å². The lowest BCUT2D eigenvalue weighted by Gasteiger charge is -2.11. The molecule has 0 N–H and O–H groups in total. The van der Waals surface area contributed by atoms with Gasteiger partial charge in [0.25, 0.3) is 0 Å². The molecule has 1 aliphatic carbocycles. The summed E-state index contributed by atoms with van der Waals surface area (Å²) in [6, 6.07) is 0. The number of carbonyl (C=O) groups is 1. The molecular formula is C12H15BO2. The van der Waals surface area contributed by atoms with Crippen molar-refractivity contribution in [1.29, 1.82) is 0 Å². The highest BCUT2D eigenvalue weighted by atomic mass is 16.5. The molecule has 2 aliphatic rings. The van der Waals surface area contributed by atoms with Gasteiger partial charge in [0.1, 0.15) is 6.10 Å². The normalized spacial score (nSPS) is 35.1. The Morgan fingerprint density at radius 3 is 3.13 bits per heavy atom. The Bertz CT molecular complexity index is 331. The molecule has 15 heavy (non-hydrogen) atoms. The summed E-state index contributed by atoms with van der Waals surface area (Å²) < 4.78 is 5.25. The molecule has 0 aromatic heterocycles. The maximum Gasteiger partial charge on any atom is 0.334 e. The average molecular weight is 202 g/mol. The summed E-state index contributed by atoms with van der Waals surface area (Å²) in [6.07, 6.45) is 7.40. The molecule has 0 aromatic rings. The molecule has 0 aromatic carbocycles. The van der Waals surface area contributed by atoms with Gasteiger partial charge in [-0.2, -0.15) is 0 Å². The fraction of sp³-hybridized carbons (Fsp3) is 0.583. The molecule has 0 fully saturated rings. The number of carbonyl (C=O) groups excluding carboxylic acids is 1. The second kappa shape index (κ2) is 4.25. The Balaban J connectivity index is 2.15. The minimum absolute atomic E-state index is 0.0434. The number of ether oxygens (including phenoxy) is 1. The van der Waals surface area contributed by atoms with Crippen LogP contribution >= 0.6 is 0 Å². The Kier molecular flexibility index (Phi) is 2.99. The molecule has 0 saturated heterocycles. The summed E-state index contributed by atoms with van der Waals surface area (Å²) in [5.41, 5.74) is 2.06. The van der Waals surface area contributed by atoms with Crippen molar-refractivity contribution >= 4 is 13.8 Å². The van der Waals surface area contributed by atoms with Crippen molar-refractivity contribution in [3.8, 4) is 0 Å². The van der Waals surface area contributed by atoms with Crippen molar-refractivity contribution in [2.45, 2.75) is 44.5 Å². The van der Waals surface area contributed by atoms with Crippen molar-refractivity contribution in [2.24, 2.45) is 0 Å². The first-order valence-corrected chi connectivity index (χ1v) is 5.48. The van der Waals surface area contributed by atoms with Crippen molar-refractivity contribution in [2.75, 3.05) is 0 Å². The van der Waals surface area contributed by atoms with E-state index in [1.807, 2.05) is 6.08 Å². The van der Waals surface area contributed by atoms with E-state index in [1.165, 1.54) is 5.57 Å². The first kappa shape index (κ1) is 10.5. The number of rotatable bonds is 0. The quantitative estimate of drug-likeness (QED) is 0.342. The molecule has 2 radical (unpaired) electrons. The Labute approximate surface area is 91.8 Å². The van der Waals surface area contributed by atoms with Crippen LogP contribution in [0.1, 0.15) is 32.6 Å². The third kappa shape index (κ3) is 2.52. The van der Waals surface area contributed by atoms with Crippen LogP contribution in [0.15, 0.2) is 23.3 Å². The third-order valence-electron chi connectivity index (χ3n) is 2.98. The van der Waals surface area contributed by atoms with Crippen molar-refractivity contribution in [3.63, 3.8) is 0 Å². The molecule has 1 aliphatic heterocycles. The van der Waals surface area contributed by atoms with E-state index in [0.717, 1.165) is 31.3 Å². The predicted octanol–water partition coefficient (Wildman–Crippen LogP) is 2.32. The Morgan fingerprint density at radius 1 is 1.53 bits per heavy atom. The number of esters is 1. The van der Waals surface area contributed by atoms with E-state index < -0.39 is 0 Å². The van der Waals surface area contributed by atoms with Gasteiger partial charge in [-0.15, -0.1) is 0 Å². The highest BCUT2D eigenvalue weighted by Gasteiger charge is 2.25. The van der Waals surface area contributed by atoms with Crippen LogP contribution in [0.2, 0.25) is 5.82 Å². The number of hydrogen-bond donors (Lipinski definition) is 0. The average Bonchev–Trinajstić information content (AvgIpc) is 2.51. The zero-order valence-corrected chi connectivity index (χ0v) is 9.03. The fourth-order valence-corrected chi connectivity index (χ4v) is 2.04. The van der Waals surface area contributed by atoms with Crippen molar-refractivity contribution in [3.05, 3.63) is 23.3 Å². The summed E-state index contributed by atoms with van der Waals surface area (Å²) in [7, 11) is 5.94. The molecule has 1 heterocycles. The predicted molar refractivity (Wildman–Crippen MR) is 59.7 cm³/mol. The van der Waals surface area contributed by atoms with E-state index in [0.29, 0.717) is 0 Å². The molecule has 3 heteroatoms. The van der Waals surface area contributed by atoms with Gasteiger partial charge in [-0.1, -0.05) is 23.9 Å². The van der Waals surface area contributed by atoms with E-state index in [-0.39, 0.29) is 17.9 Å². The van der Waals surface area contributed by atoms with Gasteiger partial charge in [0.15, 0.2) is 0 Å². The monoisotopic (exact) mass is 202 g/mol. The lowest BCUT2D eigenvalue weighted by Crippen LogP contribution is -2.08. The van der Waals surface area contributed by atoms with Crippen LogP contribution in [-0.4, -0.2) is 19.9 Å². The molecule has 0 amide bonds. The minimum Gasteiger partial charge on any atom is -0.454 e. The van der Waals surface area contributed by atoms with Crippen LogP contribution in [0.25, 0.3) is 0 Å². The minimum atomic E-state index is -0.151. The third-order valence-corrected chi connectivity index (χ3v) is 2.98. The first-order chi connectivity index (χ1) is 7.15. The molecule has 2 unspecified atom stereocenters. The zero-order valence-electron chi connectivity index (χ0n) is 9.03. The molecule has 2 nitrogen and oxygen atoms in total. The van der Waals surface area contributed by atoms with Gasteiger partial charge in [0, 0.05) is 12.0 Å². The van der Waals surface area contributed by atoms with E-state index in [1.54, 1.807) is 0 Å². The largest absolute Gasteiger partial charge is 0.454 e. The molecule has 78 valence electrons. The Hall–Kier alpha value is -0.985. The second-order valence-electron chi connectivity index (χ2n) is 4.42. The number of fused-ring (bicyclic) bond motifs is 1. The Morgan fingerprint density at radius 2 is 2.33 bits per heavy atom. The van der Waals surface area contributed by atoms with E-state index >= 15 is 0 Å². The highest BCUT2D eigenvalue weighted by molar-refractivity contribution is 6.11. The van der Waals surface area contributed by atoms with Crippen LogP contribution in [0.5, 0.6) is 0 Å². The van der Waals surface area contributed by atoms with Gasteiger partial charge < -0.3 is 4.74 Å². The zero-order chi connectivity index (χ0) is 10.8. The summed E-state index contributed by atoms with van der Waals surface area (Å²) in [4.78, 5) is 11.4. The van der Waals surface area contributed by atoms with Crippen LogP contribution in [-0.2, 0) is 9.53 Å². The highest BCUT2D eigenvalue weighted by Crippen LogP contribution is 2.28. The fourth-order valence-electron chi connectivity index (χ4n) is 2.04. The standard InChI is InChI=1S/C12H15BO2/c1-8-2-4-10(13)5-3-9-7-11(6-8)15-12(9)14/h2,7,10-11H,3-6H2,1H3/b8-2+. The summed E-state index contributed by atoms with van der Waals surface area (Å²) >= 11 is 0. The maximum atomic E-state index is 11.4.